The molecule has 0 spiro atoms. The molecule has 1 aromatic carbocycles. The molecule has 0 N–H and O–H groups in total. The number of benzene rings is 1. The van der Waals surface area contributed by atoms with Crippen LogP contribution in [0.5, 0.6) is 11.6 Å². The van der Waals surface area contributed by atoms with Crippen LogP contribution < -0.4 is 4.74 Å². The minimum atomic E-state index is -0.567. The Hall–Kier alpha value is -2.35. The molecule has 5 heteroatoms. The first-order chi connectivity index (χ1) is 8.10. The van der Waals surface area contributed by atoms with Gasteiger partial charge in [-0.1, -0.05) is 0 Å². The number of ether oxygens (including phenoxy) is 1. The molecule has 0 atom stereocenters. The molecule has 86 valence electrons. The van der Waals surface area contributed by atoms with Crippen molar-refractivity contribution >= 4 is 0 Å². The first-order valence-electron chi connectivity index (χ1n) is 4.98. The van der Waals surface area contributed by atoms with Gasteiger partial charge in [-0.05, 0) is 25.1 Å². The standard InChI is InChI=1S/C12H10FN3O/c1-8-5-12(16(2)15-8)17-11-4-3-9(7-14)6-10(11)13/h3-6H,1-2H3. The maximum Gasteiger partial charge on any atom is 0.217 e. The van der Waals surface area contributed by atoms with E-state index < -0.39 is 5.82 Å². The molecule has 17 heavy (non-hydrogen) atoms. The fourth-order valence-corrected chi connectivity index (χ4v) is 1.45. The second-order valence-corrected chi connectivity index (χ2v) is 3.61. The summed E-state index contributed by atoms with van der Waals surface area (Å²) in [4.78, 5) is 0. The number of halogens is 1. The number of aryl methyl sites for hydroxylation is 2. The van der Waals surface area contributed by atoms with Gasteiger partial charge in [-0.15, -0.1) is 0 Å². The molecule has 2 rings (SSSR count). The van der Waals surface area contributed by atoms with Crippen molar-refractivity contribution in [2.75, 3.05) is 0 Å². The van der Waals surface area contributed by atoms with Crippen molar-refractivity contribution in [3.8, 4) is 17.7 Å². The molecule has 0 unspecified atom stereocenters. The van der Waals surface area contributed by atoms with Crippen molar-refractivity contribution in [3.05, 3.63) is 41.3 Å². The molecule has 0 aliphatic rings. The van der Waals surface area contributed by atoms with Crippen molar-refractivity contribution in [2.45, 2.75) is 6.92 Å². The first kappa shape index (κ1) is 11.1. The molecular formula is C12H10FN3O. The highest BCUT2D eigenvalue weighted by molar-refractivity contribution is 5.37. The number of hydrogen-bond acceptors (Lipinski definition) is 3. The molecule has 0 bridgehead atoms. The van der Waals surface area contributed by atoms with Crippen LogP contribution in [0.1, 0.15) is 11.3 Å². The van der Waals surface area contributed by atoms with Crippen molar-refractivity contribution in [3.63, 3.8) is 0 Å². The maximum absolute atomic E-state index is 13.6. The summed E-state index contributed by atoms with van der Waals surface area (Å²) in [6, 6.07) is 7.63. The fraction of sp³-hybridized carbons (Fsp3) is 0.167. The summed E-state index contributed by atoms with van der Waals surface area (Å²) >= 11 is 0. The largest absolute Gasteiger partial charge is 0.436 e. The van der Waals surface area contributed by atoms with E-state index in [1.807, 2.05) is 13.0 Å². The van der Waals surface area contributed by atoms with Gasteiger partial charge in [0.05, 0.1) is 17.3 Å². The van der Waals surface area contributed by atoms with Crippen molar-refractivity contribution < 1.29 is 9.13 Å². The lowest BCUT2D eigenvalue weighted by Crippen LogP contribution is -1.96. The lowest BCUT2D eigenvalue weighted by atomic mass is 10.2. The Bertz CT molecular complexity index is 598. The summed E-state index contributed by atoms with van der Waals surface area (Å²) in [6.45, 7) is 1.82. The van der Waals surface area contributed by atoms with Gasteiger partial charge in [0, 0.05) is 13.1 Å². The highest BCUT2D eigenvalue weighted by Gasteiger charge is 2.09. The average molecular weight is 231 g/mol. The monoisotopic (exact) mass is 231 g/mol. The van der Waals surface area contributed by atoms with Crippen LogP contribution in [0, 0.1) is 24.1 Å². The summed E-state index contributed by atoms with van der Waals surface area (Å²) in [5, 5.41) is 12.7. The number of nitriles is 1. The van der Waals surface area contributed by atoms with E-state index >= 15 is 0 Å². The second kappa shape index (κ2) is 4.26. The molecule has 2 aromatic rings. The summed E-state index contributed by atoms with van der Waals surface area (Å²) in [5.74, 6) is -0.0407. The quantitative estimate of drug-likeness (QED) is 0.798. The highest BCUT2D eigenvalue weighted by Crippen LogP contribution is 2.25. The van der Waals surface area contributed by atoms with Crippen LogP contribution in [0.25, 0.3) is 0 Å². The van der Waals surface area contributed by atoms with Gasteiger partial charge in [0.25, 0.3) is 0 Å². The first-order valence-corrected chi connectivity index (χ1v) is 4.98. The Labute approximate surface area is 97.9 Å². The zero-order valence-corrected chi connectivity index (χ0v) is 9.44. The molecule has 0 saturated heterocycles. The Balaban J connectivity index is 2.31. The molecule has 0 aliphatic heterocycles. The van der Waals surface area contributed by atoms with E-state index in [1.54, 1.807) is 13.1 Å². The highest BCUT2D eigenvalue weighted by atomic mass is 19.1. The van der Waals surface area contributed by atoms with Gasteiger partial charge in [0.1, 0.15) is 0 Å². The fourth-order valence-electron chi connectivity index (χ4n) is 1.45. The van der Waals surface area contributed by atoms with Crippen molar-refractivity contribution in [1.29, 1.82) is 5.26 Å². The summed E-state index contributed by atoms with van der Waals surface area (Å²) in [6.07, 6.45) is 0. The smallest absolute Gasteiger partial charge is 0.217 e. The third-order valence-corrected chi connectivity index (χ3v) is 2.23. The van der Waals surface area contributed by atoms with Crippen molar-refractivity contribution in [1.82, 2.24) is 9.78 Å². The van der Waals surface area contributed by atoms with E-state index in [9.17, 15) is 4.39 Å². The number of hydrogen-bond donors (Lipinski definition) is 0. The predicted octanol–water partition coefficient (Wildman–Crippen LogP) is 2.53. The number of rotatable bonds is 2. The predicted molar refractivity (Wildman–Crippen MR) is 59.1 cm³/mol. The molecule has 0 saturated carbocycles. The Morgan fingerprint density at radius 1 is 1.41 bits per heavy atom. The molecule has 0 amide bonds. The lowest BCUT2D eigenvalue weighted by molar-refractivity contribution is 0.403. The Kier molecular flexibility index (Phi) is 2.79. The molecule has 0 aliphatic carbocycles. The zero-order chi connectivity index (χ0) is 12.4. The Morgan fingerprint density at radius 2 is 2.18 bits per heavy atom. The van der Waals surface area contributed by atoms with Crippen LogP contribution in [-0.2, 0) is 7.05 Å². The van der Waals surface area contributed by atoms with Gasteiger partial charge in [-0.3, -0.25) is 0 Å². The van der Waals surface area contributed by atoms with Gasteiger partial charge in [-0.2, -0.15) is 10.4 Å². The average Bonchev–Trinajstić information content (AvgIpc) is 2.60. The topological polar surface area (TPSA) is 50.8 Å². The van der Waals surface area contributed by atoms with Crippen LogP contribution >= 0.6 is 0 Å². The summed E-state index contributed by atoms with van der Waals surface area (Å²) < 4.78 is 20.5. The molecule has 0 radical (unpaired) electrons. The van der Waals surface area contributed by atoms with Crippen LogP contribution in [0.4, 0.5) is 4.39 Å². The normalized spacial score (nSPS) is 10.0. The SMILES string of the molecule is Cc1cc(Oc2ccc(C#N)cc2F)n(C)n1. The van der Waals surface area contributed by atoms with Gasteiger partial charge in [0.15, 0.2) is 11.6 Å². The Morgan fingerprint density at radius 3 is 2.71 bits per heavy atom. The van der Waals surface area contributed by atoms with Gasteiger partial charge in [-0.25, -0.2) is 9.07 Å². The molecule has 1 heterocycles. The van der Waals surface area contributed by atoms with Crippen LogP contribution in [0.3, 0.4) is 0 Å². The lowest BCUT2D eigenvalue weighted by Gasteiger charge is -2.06. The molecule has 0 fully saturated rings. The summed E-state index contributed by atoms with van der Waals surface area (Å²) in [7, 11) is 1.71. The van der Waals surface area contributed by atoms with E-state index in [0.717, 1.165) is 11.8 Å². The second-order valence-electron chi connectivity index (χ2n) is 3.61. The van der Waals surface area contributed by atoms with E-state index in [0.29, 0.717) is 5.88 Å². The van der Waals surface area contributed by atoms with Gasteiger partial charge >= 0.3 is 0 Å². The van der Waals surface area contributed by atoms with Gasteiger partial charge < -0.3 is 4.74 Å². The maximum atomic E-state index is 13.6. The third-order valence-electron chi connectivity index (χ3n) is 2.23. The molecular weight excluding hydrogens is 221 g/mol. The van der Waals surface area contributed by atoms with E-state index in [4.69, 9.17) is 10.00 Å². The van der Waals surface area contributed by atoms with E-state index in [2.05, 4.69) is 5.10 Å². The number of aromatic nitrogens is 2. The van der Waals surface area contributed by atoms with Crippen LogP contribution in [-0.4, -0.2) is 9.78 Å². The van der Waals surface area contributed by atoms with Crippen molar-refractivity contribution in [2.24, 2.45) is 7.05 Å². The van der Waals surface area contributed by atoms with Crippen LogP contribution in [0.2, 0.25) is 0 Å². The van der Waals surface area contributed by atoms with Crippen LogP contribution in [0.15, 0.2) is 24.3 Å². The van der Waals surface area contributed by atoms with Gasteiger partial charge in [0.2, 0.25) is 5.88 Å². The zero-order valence-electron chi connectivity index (χ0n) is 9.44. The number of nitrogens with zero attached hydrogens (tertiary/aromatic N) is 3. The molecule has 1 aromatic heterocycles. The minimum absolute atomic E-state index is 0.0759. The molecule has 4 nitrogen and oxygen atoms in total. The third kappa shape index (κ3) is 2.26. The van der Waals surface area contributed by atoms with E-state index in [-0.39, 0.29) is 11.3 Å². The minimum Gasteiger partial charge on any atom is -0.436 e. The van der Waals surface area contributed by atoms with E-state index in [1.165, 1.54) is 16.8 Å². The summed E-state index contributed by atoms with van der Waals surface area (Å²) in [5.41, 5.74) is 1.05.